The fraction of sp³-hybridized carbons (Fsp3) is 0.780. The maximum absolute atomic E-state index is 4.76. The summed E-state index contributed by atoms with van der Waals surface area (Å²) in [4.78, 5) is 9.51. The Kier molecular flexibility index (Phi) is 24.4. The molecule has 0 radical (unpaired) electrons. The predicted octanol–water partition coefficient (Wildman–Crippen LogP) is 13.7. The zero-order valence-corrected chi connectivity index (χ0v) is 28.9. The third kappa shape index (κ3) is 20.2. The third-order valence-corrected chi connectivity index (χ3v) is 9.77. The van der Waals surface area contributed by atoms with Crippen LogP contribution in [0.3, 0.4) is 0 Å². The van der Waals surface area contributed by atoms with Crippen molar-refractivity contribution in [1.82, 2.24) is 0 Å². The van der Waals surface area contributed by atoms with E-state index in [-0.39, 0.29) is 0 Å². The van der Waals surface area contributed by atoms with Gasteiger partial charge in [0.2, 0.25) is 6.17 Å². The molecule has 0 spiro atoms. The zero-order valence-electron chi connectivity index (χ0n) is 28.9. The molecule has 0 bridgehead atoms. The van der Waals surface area contributed by atoms with Crippen LogP contribution in [0.4, 0.5) is 0 Å². The monoisotopic (exact) mass is 592 g/mol. The Hall–Kier alpha value is -1.57. The van der Waals surface area contributed by atoms with E-state index in [9.17, 15) is 0 Å². The van der Waals surface area contributed by atoms with Crippen LogP contribution in [0.5, 0.6) is 0 Å². The summed E-state index contributed by atoms with van der Waals surface area (Å²) in [5.41, 5.74) is 1.48. The van der Waals surface area contributed by atoms with Crippen molar-refractivity contribution in [1.29, 1.82) is 0 Å². The molecular weight excluding hydrogens is 520 g/mol. The number of hydrogen-bond donors (Lipinski definition) is 0. The number of nitrogens with zero attached hydrogens (tertiary/aromatic N) is 2. The standard InChI is InChI=1S/C41H71N2/c1-3-5-7-9-11-13-15-17-18-20-22-24-29-33-39(37-38-31-27-26-28-32-38)40(41-42-35-36-43-41)34-30-25-23-21-19-16-14-12-10-8-6-4-2/h26-28,31-32,35-36,39-40H,3-25,29-30,33-34,37H2,1-2H3/q+1. The van der Waals surface area contributed by atoms with Gasteiger partial charge in [-0.3, -0.25) is 0 Å². The van der Waals surface area contributed by atoms with Crippen molar-refractivity contribution in [2.24, 2.45) is 21.8 Å². The summed E-state index contributed by atoms with van der Waals surface area (Å²) in [6, 6.07) is 11.2. The van der Waals surface area contributed by atoms with Crippen LogP contribution in [0.25, 0.3) is 0 Å². The van der Waals surface area contributed by atoms with Crippen LogP contribution in [-0.2, 0) is 6.42 Å². The van der Waals surface area contributed by atoms with Gasteiger partial charge >= 0.3 is 0 Å². The van der Waals surface area contributed by atoms with E-state index in [0.717, 1.165) is 12.6 Å². The van der Waals surface area contributed by atoms with Crippen molar-refractivity contribution in [3.63, 3.8) is 0 Å². The Bertz CT molecular complexity index is 757. The second-order valence-electron chi connectivity index (χ2n) is 13.7. The van der Waals surface area contributed by atoms with Crippen LogP contribution >= 0.6 is 0 Å². The van der Waals surface area contributed by atoms with Crippen LogP contribution in [0.1, 0.15) is 193 Å². The van der Waals surface area contributed by atoms with E-state index in [1.807, 2.05) is 12.4 Å². The lowest BCUT2D eigenvalue weighted by Crippen LogP contribution is -2.22. The second kappa shape index (κ2) is 27.9. The summed E-state index contributed by atoms with van der Waals surface area (Å²) in [5.74, 6) is 1.14. The maximum atomic E-state index is 4.76. The SMILES string of the molecule is CCCCCCCCCCCCCCCC(Cc1ccccc1)C(CCCCCCCCCCCCCC)[C+]1N=CC=N1. The van der Waals surface area contributed by atoms with Gasteiger partial charge in [0, 0.05) is 0 Å². The summed E-state index contributed by atoms with van der Waals surface area (Å²) in [6.45, 7) is 4.61. The Morgan fingerprint density at radius 2 is 0.837 bits per heavy atom. The lowest BCUT2D eigenvalue weighted by Gasteiger charge is -2.26. The highest BCUT2D eigenvalue weighted by molar-refractivity contribution is 6.18. The van der Waals surface area contributed by atoms with Gasteiger partial charge in [0.05, 0.1) is 5.92 Å². The molecule has 0 amide bonds. The molecule has 0 aromatic heterocycles. The summed E-state index contributed by atoms with van der Waals surface area (Å²) in [6.07, 6.45) is 44.1. The van der Waals surface area contributed by atoms with Gasteiger partial charge in [-0.2, -0.15) is 0 Å². The summed E-state index contributed by atoms with van der Waals surface area (Å²) in [5, 5.41) is 0. The van der Waals surface area contributed by atoms with Gasteiger partial charge in [-0.1, -0.05) is 215 Å². The molecule has 1 aliphatic rings. The lowest BCUT2D eigenvalue weighted by molar-refractivity contribution is 0.284. The van der Waals surface area contributed by atoms with Crippen molar-refractivity contribution in [3.05, 3.63) is 42.1 Å². The van der Waals surface area contributed by atoms with Crippen molar-refractivity contribution >= 4 is 12.4 Å². The van der Waals surface area contributed by atoms with Gasteiger partial charge in [0.1, 0.15) is 0 Å². The molecule has 0 fully saturated rings. The van der Waals surface area contributed by atoms with Crippen molar-refractivity contribution in [2.45, 2.75) is 194 Å². The van der Waals surface area contributed by atoms with E-state index in [4.69, 9.17) is 9.98 Å². The van der Waals surface area contributed by atoms with Gasteiger partial charge in [0.15, 0.2) is 12.4 Å². The molecule has 2 atom stereocenters. The minimum absolute atomic E-state index is 0.496. The molecule has 2 rings (SSSR count). The van der Waals surface area contributed by atoms with E-state index in [0.29, 0.717) is 11.8 Å². The molecule has 2 unspecified atom stereocenters. The number of unbranched alkanes of at least 4 members (excludes halogenated alkanes) is 23. The first-order chi connectivity index (χ1) is 21.3. The topological polar surface area (TPSA) is 24.7 Å². The number of hydrogen-bond acceptors (Lipinski definition) is 2. The van der Waals surface area contributed by atoms with Crippen molar-refractivity contribution in [3.8, 4) is 0 Å². The number of aliphatic imine (C=N–C) groups is 2. The molecule has 2 heteroatoms. The number of benzene rings is 1. The molecular formula is C41H71N2+. The molecule has 0 aliphatic carbocycles. The smallest absolute Gasteiger partial charge is 0.0965 e. The van der Waals surface area contributed by atoms with Crippen LogP contribution in [0, 0.1) is 18.0 Å². The minimum atomic E-state index is 0.496. The van der Waals surface area contributed by atoms with Crippen molar-refractivity contribution < 1.29 is 0 Å². The van der Waals surface area contributed by atoms with Gasteiger partial charge in [-0.15, -0.1) is 0 Å². The average molecular weight is 592 g/mol. The Morgan fingerprint density at radius 1 is 0.465 bits per heavy atom. The molecule has 2 nitrogen and oxygen atoms in total. The normalized spacial score (nSPS) is 14.1. The summed E-state index contributed by atoms with van der Waals surface area (Å²) >= 11 is 0. The highest BCUT2D eigenvalue weighted by Crippen LogP contribution is 2.37. The fourth-order valence-corrected chi connectivity index (χ4v) is 7.01. The molecule has 0 saturated heterocycles. The van der Waals surface area contributed by atoms with Crippen LogP contribution < -0.4 is 0 Å². The highest BCUT2D eigenvalue weighted by Gasteiger charge is 2.35. The largest absolute Gasteiger partial charge is 0.244 e. The number of rotatable bonds is 31. The molecule has 0 saturated carbocycles. The maximum Gasteiger partial charge on any atom is 0.244 e. The Balaban J connectivity index is 1.69. The highest BCUT2D eigenvalue weighted by atomic mass is 15.0. The van der Waals surface area contributed by atoms with E-state index in [1.165, 1.54) is 179 Å². The zero-order chi connectivity index (χ0) is 30.5. The molecule has 1 aliphatic heterocycles. The summed E-state index contributed by atoms with van der Waals surface area (Å²) in [7, 11) is 0. The molecule has 43 heavy (non-hydrogen) atoms. The van der Waals surface area contributed by atoms with Crippen molar-refractivity contribution in [2.75, 3.05) is 0 Å². The van der Waals surface area contributed by atoms with E-state index < -0.39 is 0 Å². The predicted molar refractivity (Wildman–Crippen MR) is 193 cm³/mol. The average Bonchev–Trinajstić information content (AvgIpc) is 3.57. The van der Waals surface area contributed by atoms with Gasteiger partial charge in [-0.05, 0) is 30.7 Å². The van der Waals surface area contributed by atoms with E-state index in [2.05, 4.69) is 44.2 Å². The fourth-order valence-electron chi connectivity index (χ4n) is 7.01. The molecule has 0 N–H and O–H groups in total. The Labute approximate surface area is 269 Å². The third-order valence-electron chi connectivity index (χ3n) is 9.77. The van der Waals surface area contributed by atoms with Gasteiger partial charge in [-0.25, -0.2) is 0 Å². The first-order valence-corrected chi connectivity index (χ1v) is 19.3. The second-order valence-corrected chi connectivity index (χ2v) is 13.7. The van der Waals surface area contributed by atoms with Crippen LogP contribution in [0.15, 0.2) is 40.3 Å². The van der Waals surface area contributed by atoms with Crippen LogP contribution in [0.2, 0.25) is 0 Å². The summed E-state index contributed by atoms with van der Waals surface area (Å²) < 4.78 is 0. The van der Waals surface area contributed by atoms with Crippen LogP contribution in [-0.4, -0.2) is 12.4 Å². The minimum Gasteiger partial charge on any atom is -0.0965 e. The van der Waals surface area contributed by atoms with E-state index >= 15 is 0 Å². The first kappa shape index (κ1) is 37.6. The lowest BCUT2D eigenvalue weighted by atomic mass is 9.78. The molecule has 1 heterocycles. The Morgan fingerprint density at radius 3 is 1.26 bits per heavy atom. The molecule has 244 valence electrons. The van der Waals surface area contributed by atoms with E-state index in [1.54, 1.807) is 0 Å². The molecule has 1 aromatic carbocycles. The molecule has 1 aromatic rings. The first-order valence-electron chi connectivity index (χ1n) is 19.3. The van der Waals surface area contributed by atoms with Gasteiger partial charge in [0.25, 0.3) is 0 Å². The van der Waals surface area contributed by atoms with Gasteiger partial charge < -0.3 is 0 Å². The quantitative estimate of drug-likeness (QED) is 0.0606.